The van der Waals surface area contributed by atoms with Crippen LogP contribution in [0.2, 0.25) is 0 Å². The molecule has 0 aliphatic heterocycles. The maximum absolute atomic E-state index is 5.66. The number of methoxy groups -OCH3 is 2. The summed E-state index contributed by atoms with van der Waals surface area (Å²) in [4.78, 5) is 0.918. The molecule has 0 heterocycles. The molecule has 3 aromatic rings. The Morgan fingerprint density at radius 2 is 1.07 bits per heavy atom. The second-order valence-corrected chi connectivity index (χ2v) is 7.10. The van der Waals surface area contributed by atoms with Gasteiger partial charge in [-0.1, -0.05) is 30.3 Å². The first-order chi connectivity index (χ1) is 14.0. The number of hydrogen-bond acceptors (Lipinski definition) is 5. The van der Waals surface area contributed by atoms with E-state index in [1.165, 1.54) is 0 Å². The van der Waals surface area contributed by atoms with Crippen LogP contribution >= 0.6 is 12.6 Å². The summed E-state index contributed by atoms with van der Waals surface area (Å²) >= 11 is 4.65. The van der Waals surface area contributed by atoms with Crippen molar-refractivity contribution >= 4 is 12.6 Å². The van der Waals surface area contributed by atoms with Gasteiger partial charge in [-0.05, 0) is 72.5 Å². The van der Waals surface area contributed by atoms with Gasteiger partial charge in [-0.3, -0.25) is 0 Å². The zero-order chi connectivity index (χ0) is 20.8. The summed E-state index contributed by atoms with van der Waals surface area (Å²) in [6.07, 6.45) is -0.571. The fraction of sp³-hybridized carbons (Fsp3) is 0.250. The van der Waals surface area contributed by atoms with E-state index in [0.29, 0.717) is 0 Å². The van der Waals surface area contributed by atoms with Crippen molar-refractivity contribution in [1.29, 1.82) is 0 Å². The van der Waals surface area contributed by atoms with E-state index in [2.05, 4.69) is 24.8 Å². The first-order valence-corrected chi connectivity index (χ1v) is 9.87. The summed E-state index contributed by atoms with van der Waals surface area (Å²) in [6, 6.07) is 22.1. The lowest BCUT2D eigenvalue weighted by Gasteiger charge is -2.14. The molecule has 0 spiro atoms. The zero-order valence-electron chi connectivity index (χ0n) is 17.1. The summed E-state index contributed by atoms with van der Waals surface area (Å²) < 4.78 is 21.6. The molecule has 0 amide bonds. The fourth-order valence-corrected chi connectivity index (χ4v) is 3.13. The highest BCUT2D eigenvalue weighted by molar-refractivity contribution is 7.80. The molecule has 0 N–H and O–H groups in total. The summed E-state index contributed by atoms with van der Waals surface area (Å²) in [5.74, 6) is 1.54. The van der Waals surface area contributed by atoms with Gasteiger partial charge in [0, 0.05) is 19.1 Å². The van der Waals surface area contributed by atoms with Crippen LogP contribution in [0.5, 0.6) is 11.5 Å². The molecular formula is C24H26O4S. The maximum atomic E-state index is 5.66. The third-order valence-electron chi connectivity index (χ3n) is 4.62. The van der Waals surface area contributed by atoms with Crippen LogP contribution in [0.1, 0.15) is 13.8 Å². The van der Waals surface area contributed by atoms with Crippen molar-refractivity contribution in [2.45, 2.75) is 31.3 Å². The van der Waals surface area contributed by atoms with Gasteiger partial charge in [0.2, 0.25) is 0 Å². The second kappa shape index (κ2) is 9.83. The summed E-state index contributed by atoms with van der Waals surface area (Å²) in [5, 5.41) is 0. The number of thiol groups is 1. The molecule has 0 fully saturated rings. The minimum Gasteiger partial charge on any atom is -0.465 e. The summed E-state index contributed by atoms with van der Waals surface area (Å²) in [6.45, 7) is 3.72. The number of ether oxygens (including phenoxy) is 4. The van der Waals surface area contributed by atoms with Crippen molar-refractivity contribution in [3.8, 4) is 33.8 Å². The highest BCUT2D eigenvalue weighted by atomic mass is 32.1. The zero-order valence-corrected chi connectivity index (χ0v) is 18.0. The van der Waals surface area contributed by atoms with E-state index in [1.807, 2.05) is 68.4 Å². The van der Waals surface area contributed by atoms with Crippen LogP contribution in [-0.4, -0.2) is 26.8 Å². The molecule has 0 aliphatic carbocycles. The van der Waals surface area contributed by atoms with E-state index >= 15 is 0 Å². The summed E-state index contributed by atoms with van der Waals surface area (Å²) in [7, 11) is 3.24. The average Bonchev–Trinajstić information content (AvgIpc) is 2.75. The van der Waals surface area contributed by atoms with Gasteiger partial charge < -0.3 is 18.9 Å². The van der Waals surface area contributed by atoms with E-state index in [9.17, 15) is 0 Å². The van der Waals surface area contributed by atoms with Crippen molar-refractivity contribution < 1.29 is 18.9 Å². The SMILES string of the molecule is COC(C)Oc1ccc(-c2ccc(S)c(-c3ccc(OC(C)OC)cc3)c2)cc1. The Bertz CT molecular complexity index is 923. The molecule has 0 aliphatic rings. The Balaban J connectivity index is 1.83. The maximum Gasteiger partial charge on any atom is 0.196 e. The first kappa shape index (κ1) is 21.2. The summed E-state index contributed by atoms with van der Waals surface area (Å²) in [5.41, 5.74) is 4.34. The van der Waals surface area contributed by atoms with Crippen LogP contribution in [0, 0.1) is 0 Å². The molecule has 3 aromatic carbocycles. The predicted octanol–water partition coefficient (Wildman–Crippen LogP) is 6.05. The Hall–Kier alpha value is -2.47. The number of rotatable bonds is 8. The molecule has 5 heteroatoms. The van der Waals surface area contributed by atoms with Crippen molar-refractivity contribution in [2.24, 2.45) is 0 Å². The topological polar surface area (TPSA) is 36.9 Å². The van der Waals surface area contributed by atoms with Crippen LogP contribution in [-0.2, 0) is 9.47 Å². The predicted molar refractivity (Wildman–Crippen MR) is 119 cm³/mol. The Morgan fingerprint density at radius 1 is 0.621 bits per heavy atom. The quantitative estimate of drug-likeness (QED) is 0.362. The van der Waals surface area contributed by atoms with Crippen LogP contribution < -0.4 is 9.47 Å². The van der Waals surface area contributed by atoms with E-state index in [4.69, 9.17) is 18.9 Å². The van der Waals surface area contributed by atoms with Crippen molar-refractivity contribution in [1.82, 2.24) is 0 Å². The molecule has 0 saturated carbocycles. The molecule has 3 rings (SSSR count). The normalized spacial score (nSPS) is 13.0. The molecule has 4 nitrogen and oxygen atoms in total. The fourth-order valence-electron chi connectivity index (χ4n) is 2.87. The average molecular weight is 411 g/mol. The minimum absolute atomic E-state index is 0.283. The van der Waals surface area contributed by atoms with E-state index in [-0.39, 0.29) is 12.6 Å². The number of benzene rings is 3. The van der Waals surface area contributed by atoms with Gasteiger partial charge in [0.1, 0.15) is 11.5 Å². The van der Waals surface area contributed by atoms with Crippen LogP contribution in [0.25, 0.3) is 22.3 Å². The highest BCUT2D eigenvalue weighted by Gasteiger charge is 2.08. The molecule has 152 valence electrons. The lowest BCUT2D eigenvalue weighted by molar-refractivity contribution is -0.0385. The lowest BCUT2D eigenvalue weighted by atomic mass is 9.99. The Morgan fingerprint density at radius 3 is 1.55 bits per heavy atom. The molecule has 0 radical (unpaired) electrons. The molecule has 2 atom stereocenters. The van der Waals surface area contributed by atoms with Gasteiger partial charge in [-0.15, -0.1) is 12.6 Å². The van der Waals surface area contributed by atoms with Crippen molar-refractivity contribution in [3.63, 3.8) is 0 Å². The van der Waals surface area contributed by atoms with E-state index < -0.39 is 0 Å². The van der Waals surface area contributed by atoms with Crippen LogP contribution in [0.3, 0.4) is 0 Å². The van der Waals surface area contributed by atoms with Gasteiger partial charge in [0.05, 0.1) is 0 Å². The van der Waals surface area contributed by atoms with Gasteiger partial charge in [0.25, 0.3) is 0 Å². The first-order valence-electron chi connectivity index (χ1n) is 9.43. The minimum atomic E-state index is -0.288. The van der Waals surface area contributed by atoms with Gasteiger partial charge >= 0.3 is 0 Å². The smallest absolute Gasteiger partial charge is 0.196 e. The Kier molecular flexibility index (Phi) is 7.20. The molecule has 29 heavy (non-hydrogen) atoms. The molecule has 0 bridgehead atoms. The third-order valence-corrected chi connectivity index (χ3v) is 5.01. The molecule has 2 unspecified atom stereocenters. The monoisotopic (exact) mass is 410 g/mol. The van der Waals surface area contributed by atoms with E-state index in [1.54, 1.807) is 14.2 Å². The van der Waals surface area contributed by atoms with Gasteiger partial charge in [-0.25, -0.2) is 0 Å². The van der Waals surface area contributed by atoms with Crippen molar-refractivity contribution in [3.05, 3.63) is 66.7 Å². The lowest BCUT2D eigenvalue weighted by Crippen LogP contribution is -2.13. The third kappa shape index (κ3) is 5.54. The second-order valence-electron chi connectivity index (χ2n) is 6.62. The van der Waals surface area contributed by atoms with Crippen LogP contribution in [0.4, 0.5) is 0 Å². The molecule has 0 aromatic heterocycles. The molecule has 0 saturated heterocycles. The molecular weight excluding hydrogens is 384 g/mol. The van der Waals surface area contributed by atoms with Crippen molar-refractivity contribution in [2.75, 3.05) is 14.2 Å². The highest BCUT2D eigenvalue weighted by Crippen LogP contribution is 2.33. The van der Waals surface area contributed by atoms with Gasteiger partial charge in [-0.2, -0.15) is 0 Å². The number of hydrogen-bond donors (Lipinski definition) is 1. The standard InChI is InChI=1S/C24H26O4S/c1-16(25-3)27-21-10-5-18(6-11-21)20-9-14-24(29)23(15-20)19-7-12-22(13-8-19)28-17(2)26-4/h5-17,29H,1-4H3. The largest absolute Gasteiger partial charge is 0.465 e. The van der Waals surface area contributed by atoms with Crippen LogP contribution in [0.15, 0.2) is 71.6 Å². The Labute approximate surface area is 177 Å². The van der Waals surface area contributed by atoms with Gasteiger partial charge in [0.15, 0.2) is 12.6 Å². The van der Waals surface area contributed by atoms with E-state index in [0.717, 1.165) is 38.6 Å².